The molecule has 2 heterocycles. The third kappa shape index (κ3) is 3.06. The Labute approximate surface area is 153 Å². The third-order valence-corrected chi connectivity index (χ3v) is 5.27. The Hall–Kier alpha value is -2.44. The number of aliphatic hydroxyl groups is 1. The molecule has 1 unspecified atom stereocenters. The number of hydrogen-bond acceptors (Lipinski definition) is 5. The predicted octanol–water partition coefficient (Wildman–Crippen LogP) is 3.02. The van der Waals surface area contributed by atoms with Crippen LogP contribution < -0.4 is 10.7 Å². The number of nitrogens with zero attached hydrogens (tertiary/aromatic N) is 4. The second-order valence-corrected chi connectivity index (χ2v) is 7.08. The molecule has 0 bridgehead atoms. The molecule has 0 aliphatic heterocycles. The lowest BCUT2D eigenvalue weighted by Crippen LogP contribution is -2.44. The van der Waals surface area contributed by atoms with Gasteiger partial charge in [-0.15, -0.1) is 0 Å². The summed E-state index contributed by atoms with van der Waals surface area (Å²) in [4.78, 5) is 9.01. The molecule has 1 aromatic carbocycles. The van der Waals surface area contributed by atoms with Crippen molar-refractivity contribution in [2.45, 2.75) is 50.8 Å². The fourth-order valence-corrected chi connectivity index (χ4v) is 3.92. The molecule has 1 aliphatic carbocycles. The van der Waals surface area contributed by atoms with Crippen molar-refractivity contribution in [1.29, 1.82) is 0 Å². The molecular formula is C20H25N5O. The van der Waals surface area contributed by atoms with Gasteiger partial charge in [0, 0.05) is 30.0 Å². The van der Waals surface area contributed by atoms with Crippen molar-refractivity contribution in [3.8, 4) is 0 Å². The number of nitrogens with two attached hydrogens (primary N) is 1. The highest BCUT2D eigenvalue weighted by Crippen LogP contribution is 2.30. The topological polar surface area (TPSA) is 80.2 Å². The van der Waals surface area contributed by atoms with Gasteiger partial charge in [-0.2, -0.15) is 0 Å². The van der Waals surface area contributed by atoms with E-state index < -0.39 is 6.10 Å². The maximum atomic E-state index is 10.1. The van der Waals surface area contributed by atoms with Crippen LogP contribution in [-0.2, 0) is 0 Å². The van der Waals surface area contributed by atoms with Crippen LogP contribution in [0.2, 0.25) is 0 Å². The van der Waals surface area contributed by atoms with Gasteiger partial charge in [0.25, 0.3) is 0 Å². The van der Waals surface area contributed by atoms with Crippen LogP contribution in [0.15, 0.2) is 48.9 Å². The van der Waals surface area contributed by atoms with Crippen molar-refractivity contribution >= 4 is 16.9 Å². The molecule has 136 valence electrons. The average molecular weight is 351 g/mol. The summed E-state index contributed by atoms with van der Waals surface area (Å²) < 4.78 is 2.12. The predicted molar refractivity (Wildman–Crippen MR) is 103 cm³/mol. The molecule has 4 rings (SSSR count). The van der Waals surface area contributed by atoms with Crippen molar-refractivity contribution in [3.05, 3.63) is 54.5 Å². The monoisotopic (exact) mass is 351 g/mol. The zero-order valence-electron chi connectivity index (χ0n) is 15.0. The first-order valence-corrected chi connectivity index (χ1v) is 9.25. The van der Waals surface area contributed by atoms with E-state index in [1.165, 1.54) is 0 Å². The van der Waals surface area contributed by atoms with Gasteiger partial charge in [0.2, 0.25) is 5.95 Å². The van der Waals surface area contributed by atoms with Crippen LogP contribution in [0, 0.1) is 0 Å². The van der Waals surface area contributed by atoms with Crippen LogP contribution in [0.5, 0.6) is 0 Å². The van der Waals surface area contributed by atoms with Crippen LogP contribution in [0.4, 0.5) is 5.95 Å². The summed E-state index contributed by atoms with van der Waals surface area (Å²) in [6.07, 6.45) is 9.11. The van der Waals surface area contributed by atoms with Gasteiger partial charge in [-0.05, 0) is 56.4 Å². The van der Waals surface area contributed by atoms with Gasteiger partial charge in [-0.1, -0.05) is 12.1 Å². The number of fused-ring (bicyclic) bond motifs is 1. The summed E-state index contributed by atoms with van der Waals surface area (Å²) in [6, 6.07) is 10.5. The van der Waals surface area contributed by atoms with Crippen molar-refractivity contribution in [1.82, 2.24) is 14.6 Å². The van der Waals surface area contributed by atoms with Gasteiger partial charge in [-0.3, -0.25) is 4.68 Å². The van der Waals surface area contributed by atoms with Crippen molar-refractivity contribution in [3.63, 3.8) is 0 Å². The summed E-state index contributed by atoms with van der Waals surface area (Å²) in [5.74, 6) is 0.688. The number of benzene rings is 1. The lowest BCUT2D eigenvalue weighted by molar-refractivity contribution is 0.201. The smallest absolute Gasteiger partial charge is 0.245 e. The molecule has 0 radical (unpaired) electrons. The van der Waals surface area contributed by atoms with E-state index in [4.69, 9.17) is 5.73 Å². The highest BCUT2D eigenvalue weighted by Gasteiger charge is 2.28. The quantitative estimate of drug-likeness (QED) is 0.755. The Morgan fingerprint density at radius 3 is 2.54 bits per heavy atom. The van der Waals surface area contributed by atoms with E-state index in [2.05, 4.69) is 31.8 Å². The molecule has 3 aromatic rings. The number of aromatic nitrogens is 3. The Bertz CT molecular complexity index is 868. The molecule has 1 aliphatic rings. The lowest BCUT2D eigenvalue weighted by atomic mass is 9.91. The van der Waals surface area contributed by atoms with Gasteiger partial charge in [0.05, 0.1) is 17.7 Å². The third-order valence-electron chi connectivity index (χ3n) is 5.27. The molecule has 2 aromatic heterocycles. The summed E-state index contributed by atoms with van der Waals surface area (Å²) in [5, 5.41) is 13.3. The zero-order chi connectivity index (χ0) is 18.1. The highest BCUT2D eigenvalue weighted by atomic mass is 16.3. The van der Waals surface area contributed by atoms with E-state index in [0.717, 1.165) is 42.1 Å². The number of rotatable bonds is 4. The van der Waals surface area contributed by atoms with E-state index >= 15 is 0 Å². The Morgan fingerprint density at radius 1 is 1.12 bits per heavy atom. The molecule has 1 fully saturated rings. The SMILES string of the molecule is CC(O)c1cccc2c1ccn2N(c1ncccn1)C1CCC(N)CC1. The summed E-state index contributed by atoms with van der Waals surface area (Å²) in [5.41, 5.74) is 8.09. The van der Waals surface area contributed by atoms with Crippen LogP contribution in [-0.4, -0.2) is 31.8 Å². The Balaban J connectivity index is 1.82. The molecule has 0 spiro atoms. The number of aliphatic hydroxyl groups excluding tert-OH is 1. The summed E-state index contributed by atoms with van der Waals surface area (Å²) >= 11 is 0. The second kappa shape index (κ2) is 7.05. The minimum absolute atomic E-state index is 0.285. The zero-order valence-corrected chi connectivity index (χ0v) is 15.0. The number of hydrogen-bond donors (Lipinski definition) is 2. The van der Waals surface area contributed by atoms with Crippen molar-refractivity contribution in [2.75, 3.05) is 5.01 Å². The first-order valence-electron chi connectivity index (χ1n) is 9.25. The molecule has 1 atom stereocenters. The lowest BCUT2D eigenvalue weighted by Gasteiger charge is -2.36. The molecule has 6 nitrogen and oxygen atoms in total. The minimum Gasteiger partial charge on any atom is -0.389 e. The van der Waals surface area contributed by atoms with Gasteiger partial charge >= 0.3 is 0 Å². The fourth-order valence-electron chi connectivity index (χ4n) is 3.92. The van der Waals surface area contributed by atoms with E-state index in [1.807, 2.05) is 24.4 Å². The molecule has 1 saturated carbocycles. The minimum atomic E-state index is -0.511. The second-order valence-electron chi connectivity index (χ2n) is 7.08. The average Bonchev–Trinajstić information content (AvgIpc) is 3.08. The van der Waals surface area contributed by atoms with Crippen LogP contribution in [0.1, 0.15) is 44.3 Å². The first kappa shape index (κ1) is 17.0. The Morgan fingerprint density at radius 2 is 1.85 bits per heavy atom. The van der Waals surface area contributed by atoms with Crippen molar-refractivity contribution in [2.24, 2.45) is 5.73 Å². The number of anilines is 1. The molecular weight excluding hydrogens is 326 g/mol. The van der Waals surface area contributed by atoms with E-state index in [9.17, 15) is 5.11 Å². The fraction of sp³-hybridized carbons (Fsp3) is 0.400. The van der Waals surface area contributed by atoms with Crippen molar-refractivity contribution < 1.29 is 5.11 Å². The standard InChI is InChI=1S/C20H25N5O/c1-14(26)17-4-2-5-19-18(17)10-13-24(19)25(20-22-11-3-12-23-20)16-8-6-15(21)7-9-16/h2-5,10-16,26H,6-9,21H2,1H3. The molecule has 26 heavy (non-hydrogen) atoms. The normalized spacial score (nSPS) is 21.7. The van der Waals surface area contributed by atoms with E-state index in [1.54, 1.807) is 19.3 Å². The van der Waals surface area contributed by atoms with Gasteiger partial charge < -0.3 is 10.8 Å². The van der Waals surface area contributed by atoms with Crippen LogP contribution in [0.3, 0.4) is 0 Å². The van der Waals surface area contributed by atoms with Crippen LogP contribution in [0.25, 0.3) is 10.9 Å². The Kier molecular flexibility index (Phi) is 4.61. The first-order chi connectivity index (χ1) is 12.6. The molecule has 0 amide bonds. The molecule has 6 heteroatoms. The summed E-state index contributed by atoms with van der Waals surface area (Å²) in [7, 11) is 0. The highest BCUT2D eigenvalue weighted by molar-refractivity contribution is 5.84. The van der Waals surface area contributed by atoms with Gasteiger partial charge in [0.15, 0.2) is 0 Å². The molecule has 0 saturated heterocycles. The van der Waals surface area contributed by atoms with E-state index in [0.29, 0.717) is 12.0 Å². The largest absolute Gasteiger partial charge is 0.389 e. The van der Waals surface area contributed by atoms with Gasteiger partial charge in [0.1, 0.15) is 0 Å². The summed E-state index contributed by atoms with van der Waals surface area (Å²) in [6.45, 7) is 1.80. The molecule has 3 N–H and O–H groups in total. The maximum Gasteiger partial charge on any atom is 0.245 e. The van der Waals surface area contributed by atoms with Gasteiger partial charge in [-0.25, -0.2) is 15.0 Å². The maximum absolute atomic E-state index is 10.1. The van der Waals surface area contributed by atoms with E-state index in [-0.39, 0.29) is 6.04 Å². The van der Waals surface area contributed by atoms with Crippen LogP contribution >= 0.6 is 0 Å².